The molecule has 2 heteroatoms. The van der Waals surface area contributed by atoms with Gasteiger partial charge in [0.25, 0.3) is 0 Å². The zero-order valence-electron chi connectivity index (χ0n) is 18.5. The number of benzene rings is 5. The van der Waals surface area contributed by atoms with E-state index >= 15 is 0 Å². The molecule has 158 valence electrons. The van der Waals surface area contributed by atoms with Crippen molar-refractivity contribution < 1.29 is 4.79 Å². The van der Waals surface area contributed by atoms with Gasteiger partial charge in [-0.3, -0.25) is 4.79 Å². The van der Waals surface area contributed by atoms with Crippen LogP contribution in [0.5, 0.6) is 0 Å². The predicted octanol–water partition coefficient (Wildman–Crippen LogP) is 8.02. The first-order valence-corrected chi connectivity index (χ1v) is 11.4. The molecule has 0 N–H and O–H groups in total. The van der Waals surface area contributed by atoms with Crippen molar-refractivity contribution in [2.45, 2.75) is 13.5 Å². The van der Waals surface area contributed by atoms with Crippen LogP contribution in [0.25, 0.3) is 49.4 Å². The smallest absolute Gasteiger partial charge is 0.187 e. The fraction of sp³-hybridized carbons (Fsp3) is 0.0645. The summed E-state index contributed by atoms with van der Waals surface area (Å²) in [6.07, 6.45) is 3.66. The lowest BCUT2D eigenvalue weighted by atomic mass is 9.94. The first-order valence-electron chi connectivity index (χ1n) is 11.4. The second-order valence-electron chi connectivity index (χ2n) is 8.43. The summed E-state index contributed by atoms with van der Waals surface area (Å²) in [6.45, 7) is 3.10. The first-order chi connectivity index (χ1) is 16.2. The minimum Gasteiger partial charge on any atom is -0.341 e. The molecule has 0 aliphatic carbocycles. The highest BCUT2D eigenvalue weighted by molar-refractivity contribution is 6.23. The molecule has 0 unspecified atom stereocenters. The number of hydrogen-bond acceptors (Lipinski definition) is 1. The third-order valence-electron chi connectivity index (χ3n) is 6.56. The maximum atomic E-state index is 13.5. The van der Waals surface area contributed by atoms with Crippen LogP contribution in [0.4, 0.5) is 0 Å². The number of fused-ring (bicyclic) bond motifs is 5. The van der Waals surface area contributed by atoms with Crippen LogP contribution in [0.15, 0.2) is 103 Å². The lowest BCUT2D eigenvalue weighted by Gasteiger charge is -2.09. The van der Waals surface area contributed by atoms with E-state index in [1.54, 1.807) is 6.08 Å². The molecule has 0 bridgehead atoms. The van der Waals surface area contributed by atoms with Crippen molar-refractivity contribution in [1.82, 2.24) is 4.57 Å². The average Bonchev–Trinajstić information content (AvgIpc) is 3.18. The third kappa shape index (κ3) is 3.15. The number of para-hydroxylation sites is 1. The highest BCUT2D eigenvalue weighted by Gasteiger charge is 2.13. The Kier molecular flexibility index (Phi) is 4.58. The van der Waals surface area contributed by atoms with Crippen molar-refractivity contribution in [2.24, 2.45) is 0 Å². The summed E-state index contributed by atoms with van der Waals surface area (Å²) in [5.41, 5.74) is 4.26. The lowest BCUT2D eigenvalue weighted by molar-refractivity contribution is 0.105. The Morgan fingerprint density at radius 3 is 2.00 bits per heavy atom. The van der Waals surface area contributed by atoms with Gasteiger partial charge in [0.05, 0.1) is 0 Å². The summed E-state index contributed by atoms with van der Waals surface area (Å²) in [6, 6.07) is 33.3. The SMILES string of the molecule is CCn1c2ccccc2c2cc(/C=C/C(=O)c3c4ccccc4cc4ccccc34)ccc21. The first kappa shape index (κ1) is 19.5. The Morgan fingerprint density at radius 2 is 1.30 bits per heavy atom. The highest BCUT2D eigenvalue weighted by Crippen LogP contribution is 2.31. The van der Waals surface area contributed by atoms with Gasteiger partial charge in [-0.25, -0.2) is 0 Å². The van der Waals surface area contributed by atoms with E-state index in [4.69, 9.17) is 0 Å². The number of aromatic nitrogens is 1. The second-order valence-corrected chi connectivity index (χ2v) is 8.43. The van der Waals surface area contributed by atoms with Crippen LogP contribution in [0.3, 0.4) is 0 Å². The van der Waals surface area contributed by atoms with Crippen molar-refractivity contribution in [1.29, 1.82) is 0 Å². The number of allylic oxidation sites excluding steroid dienone is 1. The molecule has 0 aliphatic heterocycles. The molecule has 5 aromatic carbocycles. The van der Waals surface area contributed by atoms with Gasteiger partial charge in [0, 0.05) is 33.9 Å². The van der Waals surface area contributed by atoms with Crippen LogP contribution in [0, 0.1) is 0 Å². The Bertz CT molecular complexity index is 1660. The maximum absolute atomic E-state index is 13.5. The number of aryl methyl sites for hydroxylation is 1. The van der Waals surface area contributed by atoms with E-state index in [2.05, 4.69) is 72.2 Å². The van der Waals surface area contributed by atoms with Gasteiger partial charge in [-0.1, -0.05) is 78.9 Å². The molecule has 0 saturated heterocycles. The van der Waals surface area contributed by atoms with E-state index in [0.29, 0.717) is 0 Å². The van der Waals surface area contributed by atoms with Gasteiger partial charge < -0.3 is 4.57 Å². The van der Waals surface area contributed by atoms with Crippen molar-refractivity contribution in [3.63, 3.8) is 0 Å². The summed E-state index contributed by atoms with van der Waals surface area (Å²) < 4.78 is 2.34. The van der Waals surface area contributed by atoms with Crippen molar-refractivity contribution in [2.75, 3.05) is 0 Å². The third-order valence-corrected chi connectivity index (χ3v) is 6.56. The number of carbonyl (C=O) groups is 1. The van der Waals surface area contributed by atoms with Crippen LogP contribution in [-0.2, 0) is 6.54 Å². The molecule has 6 rings (SSSR count). The average molecular weight is 426 g/mol. The van der Waals surface area contributed by atoms with Crippen LogP contribution in [0.2, 0.25) is 0 Å². The molecule has 0 aliphatic rings. The molecular formula is C31H23NO. The molecule has 0 atom stereocenters. The van der Waals surface area contributed by atoms with Gasteiger partial charge in [-0.2, -0.15) is 0 Å². The molecule has 33 heavy (non-hydrogen) atoms. The second kappa shape index (κ2) is 7.75. The minimum absolute atomic E-state index is 0.0269. The zero-order valence-corrected chi connectivity index (χ0v) is 18.5. The van der Waals surface area contributed by atoms with E-state index in [-0.39, 0.29) is 5.78 Å². The standard InChI is InChI=1S/C31H23NO/c1-2-32-28-14-8-7-13-26(28)27-19-21(15-17-29(27)32)16-18-30(33)31-24-11-5-3-9-22(24)20-23-10-4-6-12-25(23)31/h3-20H,2H2,1H3/b18-16+. The Balaban J connectivity index is 1.47. The largest absolute Gasteiger partial charge is 0.341 e. The predicted molar refractivity (Wildman–Crippen MR) is 140 cm³/mol. The van der Waals surface area contributed by atoms with Gasteiger partial charge in [0.15, 0.2) is 5.78 Å². The molecule has 0 amide bonds. The number of rotatable bonds is 4. The van der Waals surface area contributed by atoms with Gasteiger partial charge in [-0.05, 0) is 64.4 Å². The maximum Gasteiger partial charge on any atom is 0.187 e. The van der Waals surface area contributed by atoms with Crippen LogP contribution in [0.1, 0.15) is 22.8 Å². The van der Waals surface area contributed by atoms with Crippen LogP contribution in [-0.4, -0.2) is 10.4 Å². The number of nitrogens with zero attached hydrogens (tertiary/aromatic N) is 1. The number of hydrogen-bond donors (Lipinski definition) is 0. The zero-order chi connectivity index (χ0) is 22.4. The van der Waals surface area contributed by atoms with Gasteiger partial charge in [0.1, 0.15) is 0 Å². The molecule has 0 fully saturated rings. The monoisotopic (exact) mass is 425 g/mol. The number of ketones is 1. The summed E-state index contributed by atoms with van der Waals surface area (Å²) >= 11 is 0. The molecule has 0 radical (unpaired) electrons. The highest BCUT2D eigenvalue weighted by atomic mass is 16.1. The lowest BCUT2D eigenvalue weighted by Crippen LogP contribution is -1.98. The van der Waals surface area contributed by atoms with E-state index in [0.717, 1.165) is 39.2 Å². The summed E-state index contributed by atoms with van der Waals surface area (Å²) in [7, 11) is 0. The Morgan fingerprint density at radius 1 is 0.697 bits per heavy atom. The quantitative estimate of drug-likeness (QED) is 0.159. The Hall–Kier alpha value is -4.17. The van der Waals surface area contributed by atoms with E-state index in [1.807, 2.05) is 42.5 Å². The molecular weight excluding hydrogens is 402 g/mol. The van der Waals surface area contributed by atoms with Gasteiger partial charge in [0.2, 0.25) is 0 Å². The van der Waals surface area contributed by atoms with Crippen LogP contribution < -0.4 is 0 Å². The van der Waals surface area contributed by atoms with Crippen LogP contribution >= 0.6 is 0 Å². The van der Waals surface area contributed by atoms with E-state index in [9.17, 15) is 4.79 Å². The van der Waals surface area contributed by atoms with Gasteiger partial charge in [-0.15, -0.1) is 0 Å². The summed E-state index contributed by atoms with van der Waals surface area (Å²) in [5.74, 6) is 0.0269. The molecule has 1 heterocycles. The molecule has 1 aromatic heterocycles. The topological polar surface area (TPSA) is 22.0 Å². The molecule has 0 saturated carbocycles. The molecule has 2 nitrogen and oxygen atoms in total. The van der Waals surface area contributed by atoms with Crippen molar-refractivity contribution in [3.05, 3.63) is 114 Å². The summed E-state index contributed by atoms with van der Waals surface area (Å²) in [5, 5.41) is 6.62. The Labute approximate surface area is 192 Å². The minimum atomic E-state index is 0.0269. The number of carbonyl (C=O) groups excluding carboxylic acids is 1. The van der Waals surface area contributed by atoms with Gasteiger partial charge >= 0.3 is 0 Å². The molecule has 0 spiro atoms. The van der Waals surface area contributed by atoms with E-state index < -0.39 is 0 Å². The fourth-order valence-electron chi connectivity index (χ4n) is 5.05. The molecule has 6 aromatic rings. The normalized spacial score (nSPS) is 11.9. The van der Waals surface area contributed by atoms with Crippen molar-refractivity contribution in [3.8, 4) is 0 Å². The van der Waals surface area contributed by atoms with E-state index in [1.165, 1.54) is 21.8 Å². The summed E-state index contributed by atoms with van der Waals surface area (Å²) in [4.78, 5) is 13.5. The fourth-order valence-corrected chi connectivity index (χ4v) is 5.05. The van der Waals surface area contributed by atoms with Crippen molar-refractivity contribution >= 4 is 55.2 Å².